The maximum atomic E-state index is 5.98. The summed E-state index contributed by atoms with van der Waals surface area (Å²) >= 11 is 5.98. The highest BCUT2D eigenvalue weighted by atomic mass is 35.5. The van der Waals surface area contributed by atoms with E-state index in [-0.39, 0.29) is 0 Å². The molecular formula is C15H22ClN. The highest BCUT2D eigenvalue weighted by Gasteiger charge is 2.25. The van der Waals surface area contributed by atoms with Crippen molar-refractivity contribution in [2.45, 2.75) is 25.7 Å². The first kappa shape index (κ1) is 12.9. The Morgan fingerprint density at radius 1 is 1.12 bits per heavy atom. The summed E-state index contributed by atoms with van der Waals surface area (Å²) in [5.41, 5.74) is 1.42. The molecule has 1 nitrogen and oxygen atoms in total. The number of alkyl halides is 1. The molecule has 0 radical (unpaired) electrons. The minimum absolute atomic E-state index is 0.751. The second-order valence-electron chi connectivity index (χ2n) is 5.05. The van der Waals surface area contributed by atoms with Gasteiger partial charge in [0, 0.05) is 5.88 Å². The molecular weight excluding hydrogens is 230 g/mol. The maximum absolute atomic E-state index is 5.98. The summed E-state index contributed by atoms with van der Waals surface area (Å²) in [7, 11) is 0. The summed E-state index contributed by atoms with van der Waals surface area (Å²) in [6.07, 6.45) is 5.17. The lowest BCUT2D eigenvalue weighted by Crippen LogP contribution is -2.27. The Bertz CT molecular complexity index is 312. The van der Waals surface area contributed by atoms with Crippen molar-refractivity contribution in [3.8, 4) is 0 Å². The molecule has 2 rings (SSSR count). The summed E-state index contributed by atoms with van der Waals surface area (Å²) in [6, 6.07) is 10.7. The predicted octanol–water partition coefficient (Wildman–Crippen LogP) is 3.47. The van der Waals surface area contributed by atoms with Crippen molar-refractivity contribution in [2.75, 3.05) is 19.0 Å². The van der Waals surface area contributed by atoms with Crippen LogP contribution in [0, 0.1) is 11.8 Å². The monoisotopic (exact) mass is 251 g/mol. The van der Waals surface area contributed by atoms with Gasteiger partial charge in [-0.05, 0) is 49.8 Å². The topological polar surface area (TPSA) is 12.0 Å². The zero-order valence-corrected chi connectivity index (χ0v) is 11.1. The molecule has 1 aliphatic carbocycles. The molecule has 2 heteroatoms. The van der Waals surface area contributed by atoms with E-state index in [1.54, 1.807) is 0 Å². The van der Waals surface area contributed by atoms with E-state index in [2.05, 4.69) is 35.6 Å². The Balaban J connectivity index is 1.63. The SMILES string of the molecule is ClCC1CCCC1CNCCc1ccccc1. The Hall–Kier alpha value is -0.530. The van der Waals surface area contributed by atoms with E-state index in [4.69, 9.17) is 11.6 Å². The molecule has 1 fully saturated rings. The van der Waals surface area contributed by atoms with Crippen molar-refractivity contribution in [1.29, 1.82) is 0 Å². The molecule has 17 heavy (non-hydrogen) atoms. The summed E-state index contributed by atoms with van der Waals surface area (Å²) in [5, 5.41) is 3.58. The molecule has 94 valence electrons. The van der Waals surface area contributed by atoms with Crippen LogP contribution in [0.4, 0.5) is 0 Å². The first-order valence-electron chi connectivity index (χ1n) is 6.70. The average molecular weight is 252 g/mol. The lowest BCUT2D eigenvalue weighted by molar-refractivity contribution is 0.397. The zero-order valence-electron chi connectivity index (χ0n) is 10.4. The van der Waals surface area contributed by atoms with Gasteiger partial charge < -0.3 is 5.32 Å². The second-order valence-corrected chi connectivity index (χ2v) is 5.35. The van der Waals surface area contributed by atoms with Gasteiger partial charge in [0.25, 0.3) is 0 Å². The number of rotatable bonds is 6. The smallest absolute Gasteiger partial charge is 0.0254 e. The first-order chi connectivity index (χ1) is 8.40. The van der Waals surface area contributed by atoms with Crippen LogP contribution in [0.15, 0.2) is 30.3 Å². The van der Waals surface area contributed by atoms with E-state index >= 15 is 0 Å². The molecule has 0 bridgehead atoms. The van der Waals surface area contributed by atoms with Gasteiger partial charge in [-0.25, -0.2) is 0 Å². The molecule has 1 aromatic carbocycles. The molecule has 1 aromatic rings. The largest absolute Gasteiger partial charge is 0.316 e. The number of hydrogen-bond donors (Lipinski definition) is 1. The van der Waals surface area contributed by atoms with Gasteiger partial charge >= 0.3 is 0 Å². The van der Waals surface area contributed by atoms with E-state index in [1.165, 1.54) is 24.8 Å². The van der Waals surface area contributed by atoms with Crippen LogP contribution in [0.25, 0.3) is 0 Å². The van der Waals surface area contributed by atoms with E-state index < -0.39 is 0 Å². The quantitative estimate of drug-likeness (QED) is 0.603. The van der Waals surface area contributed by atoms with Gasteiger partial charge in [-0.1, -0.05) is 36.8 Å². The fourth-order valence-electron chi connectivity index (χ4n) is 2.75. The molecule has 0 spiro atoms. The molecule has 1 saturated carbocycles. The Kier molecular flexibility index (Phi) is 5.34. The summed E-state index contributed by atoms with van der Waals surface area (Å²) < 4.78 is 0. The van der Waals surface area contributed by atoms with Crippen LogP contribution in [0.1, 0.15) is 24.8 Å². The van der Waals surface area contributed by atoms with Crippen molar-refractivity contribution in [2.24, 2.45) is 11.8 Å². The number of halogens is 1. The van der Waals surface area contributed by atoms with Gasteiger partial charge in [0.1, 0.15) is 0 Å². The van der Waals surface area contributed by atoms with Gasteiger partial charge in [0.05, 0.1) is 0 Å². The van der Waals surface area contributed by atoms with Gasteiger partial charge in [-0.15, -0.1) is 11.6 Å². The van der Waals surface area contributed by atoms with Crippen molar-refractivity contribution in [3.63, 3.8) is 0 Å². The third-order valence-corrected chi connectivity index (χ3v) is 4.25. The van der Waals surface area contributed by atoms with Crippen molar-refractivity contribution >= 4 is 11.6 Å². The molecule has 1 aliphatic rings. The van der Waals surface area contributed by atoms with Gasteiger partial charge in [0.15, 0.2) is 0 Å². The molecule has 2 unspecified atom stereocenters. The average Bonchev–Trinajstić information content (AvgIpc) is 2.83. The third-order valence-electron chi connectivity index (χ3n) is 3.85. The van der Waals surface area contributed by atoms with Crippen molar-refractivity contribution < 1.29 is 0 Å². The minimum Gasteiger partial charge on any atom is -0.316 e. The minimum atomic E-state index is 0.751. The Morgan fingerprint density at radius 2 is 1.88 bits per heavy atom. The summed E-state index contributed by atoms with van der Waals surface area (Å²) in [5.74, 6) is 2.40. The highest BCUT2D eigenvalue weighted by molar-refractivity contribution is 6.18. The van der Waals surface area contributed by atoms with Crippen LogP contribution in [-0.4, -0.2) is 19.0 Å². The first-order valence-corrected chi connectivity index (χ1v) is 7.24. The third kappa shape index (κ3) is 4.01. The van der Waals surface area contributed by atoms with Crippen LogP contribution in [0.2, 0.25) is 0 Å². The summed E-state index contributed by atoms with van der Waals surface area (Å²) in [4.78, 5) is 0. The van der Waals surface area contributed by atoms with E-state index in [0.717, 1.165) is 37.2 Å². The van der Waals surface area contributed by atoms with E-state index in [1.807, 2.05) is 0 Å². The van der Waals surface area contributed by atoms with E-state index in [0.29, 0.717) is 0 Å². The van der Waals surface area contributed by atoms with Gasteiger partial charge in [0.2, 0.25) is 0 Å². The Labute approximate surface area is 110 Å². The number of benzene rings is 1. The fraction of sp³-hybridized carbons (Fsp3) is 0.600. The molecule has 2 atom stereocenters. The van der Waals surface area contributed by atoms with E-state index in [9.17, 15) is 0 Å². The highest BCUT2D eigenvalue weighted by Crippen LogP contribution is 2.31. The maximum Gasteiger partial charge on any atom is 0.0254 e. The molecule has 0 saturated heterocycles. The van der Waals surface area contributed by atoms with Gasteiger partial charge in [-0.2, -0.15) is 0 Å². The number of hydrogen-bond acceptors (Lipinski definition) is 1. The van der Waals surface area contributed by atoms with Crippen LogP contribution in [-0.2, 0) is 6.42 Å². The molecule has 0 aliphatic heterocycles. The molecule has 0 aromatic heterocycles. The molecule has 0 heterocycles. The molecule has 1 N–H and O–H groups in total. The normalized spacial score (nSPS) is 24.1. The van der Waals surface area contributed by atoms with Gasteiger partial charge in [-0.3, -0.25) is 0 Å². The standard InChI is InChI=1S/C15H22ClN/c16-11-14-7-4-8-15(14)12-17-10-9-13-5-2-1-3-6-13/h1-3,5-6,14-15,17H,4,7-12H2. The van der Waals surface area contributed by atoms with Crippen molar-refractivity contribution in [1.82, 2.24) is 5.32 Å². The zero-order chi connectivity index (χ0) is 11.9. The second kappa shape index (κ2) is 7.03. The molecule has 0 amide bonds. The van der Waals surface area contributed by atoms with Crippen molar-refractivity contribution in [3.05, 3.63) is 35.9 Å². The fourth-order valence-corrected chi connectivity index (χ4v) is 3.16. The number of nitrogens with one attached hydrogen (secondary N) is 1. The summed E-state index contributed by atoms with van der Waals surface area (Å²) in [6.45, 7) is 2.22. The van der Waals surface area contributed by atoms with Crippen LogP contribution in [0.3, 0.4) is 0 Å². The van der Waals surface area contributed by atoms with Crippen LogP contribution in [0.5, 0.6) is 0 Å². The lowest BCUT2D eigenvalue weighted by atomic mass is 9.98. The Morgan fingerprint density at radius 3 is 2.65 bits per heavy atom. The predicted molar refractivity (Wildman–Crippen MR) is 74.6 cm³/mol. The van der Waals surface area contributed by atoms with Crippen LogP contribution < -0.4 is 5.32 Å². The van der Waals surface area contributed by atoms with Crippen LogP contribution >= 0.6 is 11.6 Å². The lowest BCUT2D eigenvalue weighted by Gasteiger charge is -2.17.